The Hall–Kier alpha value is -3.58. The number of rotatable bonds is 8. The zero-order valence-corrected chi connectivity index (χ0v) is 20.0. The standard InChI is InChI=1S/C27H26N4O2S/c1-18-3-7-20(8-4-18)25-29-30-27(31(25)23-13-15-24(33-2)16-14-23)34-17-19-5-9-21(10-6-19)26(32)28-22-11-12-22/h3-10,13-16,22H,11-12,17H2,1-2H3,(H,28,32). The molecule has 5 rings (SSSR count). The maximum atomic E-state index is 12.2. The van der Waals surface area contributed by atoms with Crippen LogP contribution in [0.4, 0.5) is 0 Å². The maximum Gasteiger partial charge on any atom is 0.251 e. The van der Waals surface area contributed by atoms with Gasteiger partial charge in [-0.1, -0.05) is 53.7 Å². The Morgan fingerprint density at radius 3 is 2.35 bits per heavy atom. The number of carbonyl (C=O) groups is 1. The topological polar surface area (TPSA) is 69.0 Å². The van der Waals surface area contributed by atoms with Gasteiger partial charge in [0.1, 0.15) is 5.75 Å². The number of hydrogen-bond donors (Lipinski definition) is 1. The second-order valence-electron chi connectivity index (χ2n) is 8.44. The molecule has 0 aliphatic heterocycles. The predicted molar refractivity (Wildman–Crippen MR) is 135 cm³/mol. The van der Waals surface area contributed by atoms with Crippen molar-refractivity contribution in [1.82, 2.24) is 20.1 Å². The van der Waals surface area contributed by atoms with Crippen molar-refractivity contribution in [3.05, 3.63) is 89.5 Å². The summed E-state index contributed by atoms with van der Waals surface area (Å²) in [6, 6.07) is 24.3. The number of thioether (sulfide) groups is 1. The molecule has 0 atom stereocenters. The van der Waals surface area contributed by atoms with E-state index >= 15 is 0 Å². The van der Waals surface area contributed by atoms with Crippen LogP contribution in [0.15, 0.2) is 78.0 Å². The molecule has 1 aromatic heterocycles. The third-order valence-electron chi connectivity index (χ3n) is 5.77. The molecule has 0 bridgehead atoms. The Morgan fingerprint density at radius 1 is 1.00 bits per heavy atom. The molecular weight excluding hydrogens is 444 g/mol. The average molecular weight is 471 g/mol. The molecule has 1 heterocycles. The molecule has 1 aliphatic rings. The molecule has 1 aliphatic carbocycles. The molecule has 3 aromatic carbocycles. The summed E-state index contributed by atoms with van der Waals surface area (Å²) < 4.78 is 7.40. The first-order chi connectivity index (χ1) is 16.6. The summed E-state index contributed by atoms with van der Waals surface area (Å²) in [7, 11) is 1.66. The Bertz CT molecular complexity index is 1280. The average Bonchev–Trinajstić information content (AvgIpc) is 3.59. The van der Waals surface area contributed by atoms with Gasteiger partial charge in [0.25, 0.3) is 5.91 Å². The first-order valence-corrected chi connectivity index (χ1v) is 12.3. The van der Waals surface area contributed by atoms with Crippen LogP contribution in [0, 0.1) is 6.92 Å². The van der Waals surface area contributed by atoms with Crippen LogP contribution < -0.4 is 10.1 Å². The van der Waals surface area contributed by atoms with Crippen molar-refractivity contribution in [3.63, 3.8) is 0 Å². The van der Waals surface area contributed by atoms with Gasteiger partial charge in [-0.3, -0.25) is 9.36 Å². The summed E-state index contributed by atoms with van der Waals surface area (Å²) >= 11 is 1.62. The SMILES string of the molecule is COc1ccc(-n2c(SCc3ccc(C(=O)NC4CC4)cc3)nnc2-c2ccc(C)cc2)cc1. The minimum atomic E-state index is 0.00342. The molecule has 34 heavy (non-hydrogen) atoms. The van der Waals surface area contributed by atoms with E-state index in [1.54, 1.807) is 18.9 Å². The van der Waals surface area contributed by atoms with Crippen LogP contribution in [0.5, 0.6) is 5.75 Å². The van der Waals surface area contributed by atoms with Gasteiger partial charge in [-0.15, -0.1) is 10.2 Å². The van der Waals surface area contributed by atoms with E-state index in [9.17, 15) is 4.79 Å². The molecule has 1 N–H and O–H groups in total. The van der Waals surface area contributed by atoms with Gasteiger partial charge in [0.15, 0.2) is 11.0 Å². The number of aryl methyl sites for hydroxylation is 1. The number of nitrogens with zero attached hydrogens (tertiary/aromatic N) is 3. The van der Waals surface area contributed by atoms with Gasteiger partial charge >= 0.3 is 0 Å². The van der Waals surface area contributed by atoms with Crippen molar-refractivity contribution < 1.29 is 9.53 Å². The number of hydrogen-bond acceptors (Lipinski definition) is 5. The number of aromatic nitrogens is 3. The molecule has 1 fully saturated rings. The van der Waals surface area contributed by atoms with Crippen LogP contribution in [-0.2, 0) is 5.75 Å². The predicted octanol–water partition coefficient (Wildman–Crippen LogP) is 5.44. The van der Waals surface area contributed by atoms with E-state index in [1.165, 1.54) is 5.56 Å². The highest BCUT2D eigenvalue weighted by Crippen LogP contribution is 2.31. The van der Waals surface area contributed by atoms with Crippen molar-refractivity contribution in [3.8, 4) is 22.8 Å². The number of methoxy groups -OCH3 is 1. The molecule has 6 nitrogen and oxygen atoms in total. The molecule has 172 valence electrons. The molecule has 0 saturated heterocycles. The van der Waals surface area contributed by atoms with Crippen molar-refractivity contribution in [1.29, 1.82) is 0 Å². The zero-order chi connectivity index (χ0) is 23.5. The molecule has 0 unspecified atom stereocenters. The molecule has 4 aromatic rings. The lowest BCUT2D eigenvalue weighted by molar-refractivity contribution is 0.0951. The summed E-state index contributed by atoms with van der Waals surface area (Å²) in [6.07, 6.45) is 2.17. The molecule has 1 amide bonds. The van der Waals surface area contributed by atoms with Gasteiger partial charge in [0.05, 0.1) is 7.11 Å². The number of nitrogens with one attached hydrogen (secondary N) is 1. The molecule has 7 heteroatoms. The molecule has 1 saturated carbocycles. The molecular formula is C27H26N4O2S. The second-order valence-corrected chi connectivity index (χ2v) is 9.38. The van der Waals surface area contributed by atoms with E-state index in [-0.39, 0.29) is 5.91 Å². The second kappa shape index (κ2) is 9.73. The highest BCUT2D eigenvalue weighted by molar-refractivity contribution is 7.98. The monoisotopic (exact) mass is 470 g/mol. The van der Waals surface area contributed by atoms with Crippen LogP contribution in [0.2, 0.25) is 0 Å². The Balaban J connectivity index is 1.39. The van der Waals surface area contributed by atoms with Gasteiger partial charge in [-0.2, -0.15) is 0 Å². The lowest BCUT2D eigenvalue weighted by Crippen LogP contribution is -2.25. The number of amides is 1. The van der Waals surface area contributed by atoms with Crippen LogP contribution in [0.1, 0.15) is 34.3 Å². The Labute approximate surface area is 203 Å². The Morgan fingerprint density at radius 2 is 1.71 bits per heavy atom. The summed E-state index contributed by atoms with van der Waals surface area (Å²) in [5.74, 6) is 2.31. The van der Waals surface area contributed by atoms with E-state index in [0.29, 0.717) is 17.4 Å². The fraction of sp³-hybridized carbons (Fsp3) is 0.222. The minimum absolute atomic E-state index is 0.00342. The normalized spacial score (nSPS) is 13.0. The third-order valence-corrected chi connectivity index (χ3v) is 6.77. The summed E-state index contributed by atoms with van der Waals surface area (Å²) in [5.41, 5.74) is 4.99. The zero-order valence-electron chi connectivity index (χ0n) is 19.2. The lowest BCUT2D eigenvalue weighted by Gasteiger charge is -2.11. The minimum Gasteiger partial charge on any atom is -0.497 e. The quantitative estimate of drug-likeness (QED) is 0.348. The fourth-order valence-electron chi connectivity index (χ4n) is 3.61. The summed E-state index contributed by atoms with van der Waals surface area (Å²) in [5, 5.41) is 12.9. The maximum absolute atomic E-state index is 12.2. The molecule has 0 spiro atoms. The van der Waals surface area contributed by atoms with Crippen molar-refractivity contribution in [2.75, 3.05) is 7.11 Å². The van der Waals surface area contributed by atoms with Gasteiger partial charge < -0.3 is 10.1 Å². The van der Waals surface area contributed by atoms with Crippen LogP contribution in [0.25, 0.3) is 17.1 Å². The Kier molecular flexibility index (Phi) is 6.36. The highest BCUT2D eigenvalue weighted by Gasteiger charge is 2.23. The largest absolute Gasteiger partial charge is 0.497 e. The van der Waals surface area contributed by atoms with Crippen molar-refractivity contribution in [2.24, 2.45) is 0 Å². The van der Waals surface area contributed by atoms with Gasteiger partial charge in [-0.05, 0) is 61.7 Å². The third kappa shape index (κ3) is 4.99. The van der Waals surface area contributed by atoms with Crippen LogP contribution in [0.3, 0.4) is 0 Å². The first-order valence-electron chi connectivity index (χ1n) is 11.3. The lowest BCUT2D eigenvalue weighted by atomic mass is 10.1. The molecule has 0 radical (unpaired) electrons. The van der Waals surface area contributed by atoms with E-state index in [0.717, 1.165) is 46.4 Å². The number of benzene rings is 3. The first kappa shape index (κ1) is 22.2. The van der Waals surface area contributed by atoms with Crippen LogP contribution >= 0.6 is 11.8 Å². The van der Waals surface area contributed by atoms with E-state index in [1.807, 2.05) is 48.5 Å². The van der Waals surface area contributed by atoms with E-state index in [4.69, 9.17) is 4.74 Å². The number of carbonyl (C=O) groups excluding carboxylic acids is 1. The number of ether oxygens (including phenoxy) is 1. The summed E-state index contributed by atoms with van der Waals surface area (Å²) in [6.45, 7) is 2.07. The van der Waals surface area contributed by atoms with E-state index in [2.05, 4.69) is 51.3 Å². The highest BCUT2D eigenvalue weighted by atomic mass is 32.2. The smallest absolute Gasteiger partial charge is 0.251 e. The van der Waals surface area contributed by atoms with Gasteiger partial charge in [0.2, 0.25) is 0 Å². The van der Waals surface area contributed by atoms with Crippen LogP contribution in [-0.4, -0.2) is 33.8 Å². The van der Waals surface area contributed by atoms with Crippen molar-refractivity contribution >= 4 is 17.7 Å². The van der Waals surface area contributed by atoms with Crippen molar-refractivity contribution in [2.45, 2.75) is 36.7 Å². The fourth-order valence-corrected chi connectivity index (χ4v) is 4.52. The summed E-state index contributed by atoms with van der Waals surface area (Å²) in [4.78, 5) is 12.2. The van der Waals surface area contributed by atoms with Gasteiger partial charge in [-0.25, -0.2) is 0 Å². The van der Waals surface area contributed by atoms with E-state index < -0.39 is 0 Å². The van der Waals surface area contributed by atoms with Gasteiger partial charge in [0, 0.05) is 28.6 Å².